The molecule has 0 saturated carbocycles. The van der Waals surface area contributed by atoms with Gasteiger partial charge in [-0.15, -0.1) is 0 Å². The maximum absolute atomic E-state index is 13.1. The lowest BCUT2D eigenvalue weighted by Gasteiger charge is -2.28. The first-order chi connectivity index (χ1) is 15.5. The minimum atomic E-state index is -1.66. The Hall–Kier alpha value is -3.47. The molecular formula is C22H32N4O7. The van der Waals surface area contributed by atoms with Crippen LogP contribution in [0.1, 0.15) is 39.2 Å². The molecule has 7 N–H and O–H groups in total. The zero-order valence-electron chi connectivity index (χ0n) is 18.9. The summed E-state index contributed by atoms with van der Waals surface area (Å²) < 4.78 is 0. The van der Waals surface area contributed by atoms with Gasteiger partial charge in [0.05, 0.1) is 12.5 Å². The highest BCUT2D eigenvalue weighted by atomic mass is 16.4. The molecule has 0 aliphatic carbocycles. The van der Waals surface area contributed by atoms with E-state index in [0.29, 0.717) is 6.42 Å². The molecule has 1 aromatic carbocycles. The predicted molar refractivity (Wildman–Crippen MR) is 119 cm³/mol. The Labute approximate surface area is 192 Å². The molecule has 182 valence electrons. The van der Waals surface area contributed by atoms with Crippen molar-refractivity contribution < 1.29 is 34.2 Å². The number of hydrogen-bond acceptors (Lipinski definition) is 6. The monoisotopic (exact) mass is 464 g/mol. The molecular weight excluding hydrogens is 432 g/mol. The van der Waals surface area contributed by atoms with E-state index in [0.717, 1.165) is 5.56 Å². The van der Waals surface area contributed by atoms with Gasteiger partial charge >= 0.3 is 11.9 Å². The molecule has 0 spiro atoms. The molecule has 5 unspecified atom stereocenters. The Balaban J connectivity index is 3.09. The van der Waals surface area contributed by atoms with Crippen LogP contribution in [-0.2, 0) is 30.4 Å². The first kappa shape index (κ1) is 27.6. The van der Waals surface area contributed by atoms with E-state index in [1.54, 1.807) is 44.2 Å². The number of carbonyl (C=O) groups is 5. The van der Waals surface area contributed by atoms with Gasteiger partial charge in [-0.25, -0.2) is 4.79 Å². The predicted octanol–water partition coefficient (Wildman–Crippen LogP) is -0.364. The molecule has 0 bridgehead atoms. The zero-order valence-corrected chi connectivity index (χ0v) is 18.9. The standard InChI is InChI=1S/C22H32N4O7/c1-4-12(2)18(21(31)25-16(22(32)33)11-17(27)28)26-20(30)15(24-19(29)13(3)23)10-14-8-6-5-7-9-14/h5-9,12-13,15-16,18H,4,10-11,23H2,1-3H3,(H,24,29)(H,25,31)(H,26,30)(H,27,28)(H,32,33). The van der Waals surface area contributed by atoms with Crippen LogP contribution in [0.5, 0.6) is 0 Å². The summed E-state index contributed by atoms with van der Waals surface area (Å²) in [6.45, 7) is 4.93. The van der Waals surface area contributed by atoms with Gasteiger partial charge in [0, 0.05) is 6.42 Å². The zero-order chi connectivity index (χ0) is 25.1. The van der Waals surface area contributed by atoms with Gasteiger partial charge in [0.25, 0.3) is 0 Å². The normalized spacial score (nSPS) is 15.3. The van der Waals surface area contributed by atoms with Crippen molar-refractivity contribution in [3.63, 3.8) is 0 Å². The molecule has 0 fully saturated rings. The fourth-order valence-electron chi connectivity index (χ4n) is 2.95. The molecule has 0 aromatic heterocycles. The second kappa shape index (κ2) is 13.2. The van der Waals surface area contributed by atoms with Crippen LogP contribution in [0.3, 0.4) is 0 Å². The van der Waals surface area contributed by atoms with Gasteiger partial charge in [-0.3, -0.25) is 19.2 Å². The van der Waals surface area contributed by atoms with Crippen LogP contribution in [0.2, 0.25) is 0 Å². The largest absolute Gasteiger partial charge is 0.481 e. The number of nitrogens with one attached hydrogen (secondary N) is 3. The van der Waals surface area contributed by atoms with E-state index in [1.807, 2.05) is 0 Å². The van der Waals surface area contributed by atoms with Crippen molar-refractivity contribution in [2.75, 3.05) is 0 Å². The summed E-state index contributed by atoms with van der Waals surface area (Å²) in [7, 11) is 0. The fraction of sp³-hybridized carbons (Fsp3) is 0.500. The second-order valence-electron chi connectivity index (χ2n) is 7.91. The van der Waals surface area contributed by atoms with Crippen LogP contribution in [0, 0.1) is 5.92 Å². The SMILES string of the molecule is CCC(C)C(NC(=O)C(Cc1ccccc1)NC(=O)C(C)N)C(=O)NC(CC(=O)O)C(=O)O. The van der Waals surface area contributed by atoms with E-state index >= 15 is 0 Å². The number of rotatable bonds is 13. The summed E-state index contributed by atoms with van der Waals surface area (Å²) in [6.07, 6.45) is -0.218. The highest BCUT2D eigenvalue weighted by Gasteiger charge is 2.33. The Morgan fingerprint density at radius 2 is 1.45 bits per heavy atom. The maximum atomic E-state index is 13.1. The maximum Gasteiger partial charge on any atom is 0.326 e. The molecule has 33 heavy (non-hydrogen) atoms. The molecule has 11 nitrogen and oxygen atoms in total. The molecule has 3 amide bonds. The first-order valence-corrected chi connectivity index (χ1v) is 10.6. The average Bonchev–Trinajstić information content (AvgIpc) is 2.75. The Morgan fingerprint density at radius 3 is 1.94 bits per heavy atom. The summed E-state index contributed by atoms with van der Waals surface area (Å²) in [5.41, 5.74) is 6.37. The van der Waals surface area contributed by atoms with Gasteiger partial charge in [-0.05, 0) is 18.4 Å². The van der Waals surface area contributed by atoms with Gasteiger partial charge in [-0.2, -0.15) is 0 Å². The minimum absolute atomic E-state index is 0.136. The third kappa shape index (κ3) is 9.27. The third-order valence-electron chi connectivity index (χ3n) is 5.12. The minimum Gasteiger partial charge on any atom is -0.481 e. The van der Waals surface area contributed by atoms with E-state index in [4.69, 9.17) is 10.8 Å². The number of aliphatic carboxylic acids is 2. The average molecular weight is 465 g/mol. The van der Waals surface area contributed by atoms with Crippen LogP contribution in [-0.4, -0.2) is 64.0 Å². The van der Waals surface area contributed by atoms with Crippen LogP contribution in [0.4, 0.5) is 0 Å². The van der Waals surface area contributed by atoms with Gasteiger partial charge < -0.3 is 31.9 Å². The number of nitrogens with two attached hydrogens (primary N) is 1. The van der Waals surface area contributed by atoms with Crippen molar-refractivity contribution in [2.45, 2.75) is 64.2 Å². The van der Waals surface area contributed by atoms with Gasteiger partial charge in [0.15, 0.2) is 0 Å². The lowest BCUT2D eigenvalue weighted by molar-refractivity contribution is -0.147. The Kier molecular flexibility index (Phi) is 11.0. The van der Waals surface area contributed by atoms with Gasteiger partial charge in [0.2, 0.25) is 17.7 Å². The Bertz CT molecular complexity index is 844. The lowest BCUT2D eigenvalue weighted by Crippen LogP contribution is -2.59. The second-order valence-corrected chi connectivity index (χ2v) is 7.91. The van der Waals surface area contributed by atoms with Crippen LogP contribution < -0.4 is 21.7 Å². The lowest BCUT2D eigenvalue weighted by atomic mass is 9.96. The van der Waals surface area contributed by atoms with Crippen molar-refractivity contribution in [1.29, 1.82) is 0 Å². The molecule has 0 radical (unpaired) electrons. The topological polar surface area (TPSA) is 188 Å². The number of hydrogen-bond donors (Lipinski definition) is 6. The molecule has 5 atom stereocenters. The van der Waals surface area contributed by atoms with Crippen LogP contribution in [0.25, 0.3) is 0 Å². The van der Waals surface area contributed by atoms with Crippen LogP contribution in [0.15, 0.2) is 30.3 Å². The summed E-state index contributed by atoms with van der Waals surface area (Å²) in [6, 6.07) is 4.21. The summed E-state index contributed by atoms with van der Waals surface area (Å²) in [5, 5.41) is 25.4. The highest BCUT2D eigenvalue weighted by Crippen LogP contribution is 2.11. The number of carboxylic acids is 2. The molecule has 1 aromatic rings. The highest BCUT2D eigenvalue weighted by molar-refractivity contribution is 5.94. The third-order valence-corrected chi connectivity index (χ3v) is 5.12. The molecule has 0 aliphatic heterocycles. The molecule has 0 aliphatic rings. The Morgan fingerprint density at radius 1 is 0.879 bits per heavy atom. The van der Waals surface area contributed by atoms with E-state index in [9.17, 15) is 29.1 Å². The summed E-state index contributed by atoms with van der Waals surface area (Å²) in [5.74, 6) is -5.35. The summed E-state index contributed by atoms with van der Waals surface area (Å²) in [4.78, 5) is 60.3. The quantitative estimate of drug-likeness (QED) is 0.228. The van der Waals surface area contributed by atoms with Gasteiger partial charge in [0.1, 0.15) is 18.1 Å². The number of carboxylic acid groups (broad SMARTS) is 2. The van der Waals surface area contributed by atoms with Crippen molar-refractivity contribution in [3.05, 3.63) is 35.9 Å². The molecule has 0 heterocycles. The van der Waals surface area contributed by atoms with Crippen molar-refractivity contribution in [1.82, 2.24) is 16.0 Å². The van der Waals surface area contributed by atoms with E-state index < -0.39 is 66.2 Å². The van der Waals surface area contributed by atoms with Crippen LogP contribution >= 0.6 is 0 Å². The number of amides is 3. The van der Waals surface area contributed by atoms with E-state index in [-0.39, 0.29) is 6.42 Å². The van der Waals surface area contributed by atoms with Gasteiger partial charge in [-0.1, -0.05) is 50.6 Å². The fourth-order valence-corrected chi connectivity index (χ4v) is 2.95. The molecule has 11 heteroatoms. The summed E-state index contributed by atoms with van der Waals surface area (Å²) >= 11 is 0. The molecule has 1 rings (SSSR count). The molecule has 0 saturated heterocycles. The van der Waals surface area contributed by atoms with Crippen molar-refractivity contribution in [2.24, 2.45) is 11.7 Å². The number of benzene rings is 1. The van der Waals surface area contributed by atoms with Crippen molar-refractivity contribution >= 4 is 29.7 Å². The number of carbonyl (C=O) groups excluding carboxylic acids is 3. The smallest absolute Gasteiger partial charge is 0.326 e. The van der Waals surface area contributed by atoms with E-state index in [1.165, 1.54) is 6.92 Å². The van der Waals surface area contributed by atoms with Crippen molar-refractivity contribution in [3.8, 4) is 0 Å². The van der Waals surface area contributed by atoms with E-state index in [2.05, 4.69) is 16.0 Å². The first-order valence-electron chi connectivity index (χ1n) is 10.6.